The van der Waals surface area contributed by atoms with Crippen LogP contribution in [-0.4, -0.2) is 40.3 Å². The maximum atomic E-state index is 4.14. The van der Waals surface area contributed by atoms with E-state index in [1.165, 1.54) is 38.8 Å². The van der Waals surface area contributed by atoms with Crippen molar-refractivity contribution in [3.8, 4) is 0 Å². The Morgan fingerprint density at radius 3 is 3.06 bits per heavy atom. The Balaban J connectivity index is 1.60. The molecule has 0 saturated carbocycles. The summed E-state index contributed by atoms with van der Waals surface area (Å²) >= 11 is 1.66. The van der Waals surface area contributed by atoms with Gasteiger partial charge in [0.2, 0.25) is 5.13 Å². The summed E-state index contributed by atoms with van der Waals surface area (Å²) in [5.74, 6) is 0. The van der Waals surface area contributed by atoms with E-state index in [0.29, 0.717) is 6.04 Å². The quantitative estimate of drug-likeness (QED) is 0.854. The van der Waals surface area contributed by atoms with Crippen molar-refractivity contribution in [2.75, 3.05) is 18.4 Å². The third-order valence-corrected chi connectivity index (χ3v) is 4.44. The molecule has 0 radical (unpaired) electrons. The van der Waals surface area contributed by atoms with Crippen LogP contribution in [0, 0.1) is 6.92 Å². The van der Waals surface area contributed by atoms with Crippen LogP contribution in [0.3, 0.4) is 0 Å². The summed E-state index contributed by atoms with van der Waals surface area (Å²) in [7, 11) is 0. The minimum Gasteiger partial charge on any atom is -0.357 e. The van der Waals surface area contributed by atoms with Crippen LogP contribution in [0.5, 0.6) is 0 Å². The topological polar surface area (TPSA) is 41.1 Å². The summed E-state index contributed by atoms with van der Waals surface area (Å²) in [5, 5.41) is 13.8. The molecule has 3 rings (SSSR count). The fourth-order valence-corrected chi connectivity index (χ4v) is 3.55. The van der Waals surface area contributed by atoms with E-state index in [1.807, 2.05) is 6.92 Å². The lowest BCUT2D eigenvalue weighted by molar-refractivity contribution is 0.188. The van der Waals surface area contributed by atoms with E-state index in [0.717, 1.165) is 16.2 Å². The minimum atomic E-state index is 0.603. The number of nitrogens with one attached hydrogen (secondary N) is 1. The van der Waals surface area contributed by atoms with Crippen LogP contribution in [0.4, 0.5) is 5.13 Å². The fraction of sp³-hybridized carbons (Fsp3) is 0.818. The molecule has 1 aromatic rings. The lowest BCUT2D eigenvalue weighted by Crippen LogP contribution is -2.42. The molecular weight excluding hydrogens is 220 g/mol. The van der Waals surface area contributed by atoms with E-state index in [-0.39, 0.29) is 0 Å². The van der Waals surface area contributed by atoms with Crippen LogP contribution in [-0.2, 0) is 0 Å². The first-order valence-electron chi connectivity index (χ1n) is 6.12. The monoisotopic (exact) mass is 238 g/mol. The number of nitrogens with zero attached hydrogens (tertiary/aromatic N) is 3. The highest BCUT2D eigenvalue weighted by Gasteiger charge is 2.31. The van der Waals surface area contributed by atoms with Gasteiger partial charge in [-0.2, -0.15) is 0 Å². The molecule has 2 aliphatic rings. The molecule has 88 valence electrons. The highest BCUT2D eigenvalue weighted by atomic mass is 32.1. The van der Waals surface area contributed by atoms with Crippen LogP contribution in [0.25, 0.3) is 0 Å². The Kier molecular flexibility index (Phi) is 2.81. The van der Waals surface area contributed by atoms with Gasteiger partial charge in [-0.05, 0) is 39.2 Å². The first-order valence-corrected chi connectivity index (χ1v) is 6.93. The Morgan fingerprint density at radius 2 is 2.25 bits per heavy atom. The number of fused-ring (bicyclic) bond motifs is 1. The molecule has 0 amide bonds. The van der Waals surface area contributed by atoms with Crippen molar-refractivity contribution in [1.82, 2.24) is 15.1 Å². The number of hydrogen-bond acceptors (Lipinski definition) is 5. The lowest BCUT2D eigenvalue weighted by atomic mass is 9.98. The van der Waals surface area contributed by atoms with E-state index >= 15 is 0 Å². The summed E-state index contributed by atoms with van der Waals surface area (Å²) < 4.78 is 0. The van der Waals surface area contributed by atoms with E-state index in [2.05, 4.69) is 20.4 Å². The highest BCUT2D eigenvalue weighted by molar-refractivity contribution is 7.15. The molecule has 0 aliphatic carbocycles. The smallest absolute Gasteiger partial charge is 0.205 e. The van der Waals surface area contributed by atoms with Crippen molar-refractivity contribution in [2.45, 2.75) is 44.7 Å². The van der Waals surface area contributed by atoms with Crippen molar-refractivity contribution in [3.63, 3.8) is 0 Å². The maximum absolute atomic E-state index is 4.14. The van der Waals surface area contributed by atoms with Gasteiger partial charge in [-0.25, -0.2) is 0 Å². The number of aromatic nitrogens is 2. The maximum Gasteiger partial charge on any atom is 0.205 e. The van der Waals surface area contributed by atoms with Gasteiger partial charge in [0.15, 0.2) is 0 Å². The predicted octanol–water partition coefficient (Wildman–Crippen LogP) is 1.89. The highest BCUT2D eigenvalue weighted by Crippen LogP contribution is 2.28. The van der Waals surface area contributed by atoms with Gasteiger partial charge >= 0.3 is 0 Å². The van der Waals surface area contributed by atoms with Crippen molar-refractivity contribution in [3.05, 3.63) is 5.01 Å². The van der Waals surface area contributed by atoms with Gasteiger partial charge in [0.1, 0.15) is 5.01 Å². The summed E-state index contributed by atoms with van der Waals surface area (Å²) in [6, 6.07) is 1.42. The molecule has 1 aromatic heterocycles. The minimum absolute atomic E-state index is 0.603. The predicted molar refractivity (Wildman–Crippen MR) is 65.9 cm³/mol. The molecular formula is C11H18N4S. The lowest BCUT2D eigenvalue weighted by Gasteiger charge is -2.34. The summed E-state index contributed by atoms with van der Waals surface area (Å²) in [6.45, 7) is 4.57. The van der Waals surface area contributed by atoms with Crippen LogP contribution < -0.4 is 5.32 Å². The molecule has 4 nitrogen and oxygen atoms in total. The molecule has 0 bridgehead atoms. The fourth-order valence-electron chi connectivity index (χ4n) is 2.88. The van der Waals surface area contributed by atoms with E-state index in [4.69, 9.17) is 0 Å². The SMILES string of the molecule is Cc1nnc(NC2CCN3CCCC3C2)s1. The Bertz CT molecular complexity index is 365. The average Bonchev–Trinajstić information content (AvgIpc) is 2.87. The number of anilines is 1. The summed E-state index contributed by atoms with van der Waals surface area (Å²) in [4.78, 5) is 2.64. The van der Waals surface area contributed by atoms with Crippen molar-refractivity contribution in [2.24, 2.45) is 0 Å². The first-order chi connectivity index (χ1) is 7.81. The molecule has 2 saturated heterocycles. The normalized spacial score (nSPS) is 30.3. The van der Waals surface area contributed by atoms with Crippen LogP contribution in [0.15, 0.2) is 0 Å². The van der Waals surface area contributed by atoms with Gasteiger partial charge in [-0.3, -0.25) is 0 Å². The molecule has 5 heteroatoms. The molecule has 2 fully saturated rings. The molecule has 3 heterocycles. The van der Waals surface area contributed by atoms with Gasteiger partial charge in [0, 0.05) is 18.6 Å². The second-order valence-electron chi connectivity index (χ2n) is 4.82. The third-order valence-electron chi connectivity index (χ3n) is 3.67. The Labute approximate surface area is 100 Å². The molecule has 0 aromatic carbocycles. The number of piperidine rings is 1. The van der Waals surface area contributed by atoms with E-state index in [9.17, 15) is 0 Å². The van der Waals surface area contributed by atoms with Crippen molar-refractivity contribution < 1.29 is 0 Å². The molecule has 2 aliphatic heterocycles. The zero-order chi connectivity index (χ0) is 11.0. The molecule has 1 N–H and O–H groups in total. The van der Waals surface area contributed by atoms with Gasteiger partial charge in [-0.15, -0.1) is 10.2 Å². The number of rotatable bonds is 2. The van der Waals surface area contributed by atoms with Gasteiger partial charge in [0.25, 0.3) is 0 Å². The zero-order valence-corrected chi connectivity index (χ0v) is 10.5. The summed E-state index contributed by atoms with van der Waals surface area (Å²) in [6.07, 6.45) is 5.29. The van der Waals surface area contributed by atoms with Crippen molar-refractivity contribution in [1.29, 1.82) is 0 Å². The van der Waals surface area contributed by atoms with E-state index < -0.39 is 0 Å². The second kappa shape index (κ2) is 4.30. The molecule has 2 unspecified atom stereocenters. The average molecular weight is 238 g/mol. The van der Waals surface area contributed by atoms with Crippen molar-refractivity contribution >= 4 is 16.5 Å². The van der Waals surface area contributed by atoms with E-state index in [1.54, 1.807) is 11.3 Å². The second-order valence-corrected chi connectivity index (χ2v) is 6.01. The Hall–Kier alpha value is -0.680. The number of hydrogen-bond donors (Lipinski definition) is 1. The van der Waals surface area contributed by atoms with Crippen LogP contribution in [0.1, 0.15) is 30.7 Å². The van der Waals surface area contributed by atoms with Crippen LogP contribution in [0.2, 0.25) is 0 Å². The third kappa shape index (κ3) is 2.06. The molecule has 0 spiro atoms. The number of aryl methyl sites for hydroxylation is 1. The van der Waals surface area contributed by atoms with Gasteiger partial charge in [-0.1, -0.05) is 11.3 Å². The molecule has 16 heavy (non-hydrogen) atoms. The standard InChI is InChI=1S/C11H18N4S/c1-8-13-14-11(16-8)12-9-4-6-15-5-2-3-10(15)7-9/h9-10H,2-7H2,1H3,(H,12,14). The largest absolute Gasteiger partial charge is 0.357 e. The van der Waals surface area contributed by atoms with Gasteiger partial charge in [0.05, 0.1) is 0 Å². The summed E-state index contributed by atoms with van der Waals surface area (Å²) in [5.41, 5.74) is 0. The van der Waals surface area contributed by atoms with Gasteiger partial charge < -0.3 is 10.2 Å². The Morgan fingerprint density at radius 1 is 1.31 bits per heavy atom. The zero-order valence-electron chi connectivity index (χ0n) is 9.65. The van der Waals surface area contributed by atoms with Crippen LogP contribution >= 0.6 is 11.3 Å². The first kappa shape index (κ1) is 10.5. The molecule has 2 atom stereocenters.